The summed E-state index contributed by atoms with van der Waals surface area (Å²) in [5, 5.41) is 0. The fourth-order valence-corrected chi connectivity index (χ4v) is 3.01. The van der Waals surface area contributed by atoms with E-state index in [1.54, 1.807) is 15.8 Å². The molecule has 3 heterocycles. The van der Waals surface area contributed by atoms with Crippen molar-refractivity contribution in [1.29, 1.82) is 0 Å². The quantitative estimate of drug-likeness (QED) is 0.874. The van der Waals surface area contributed by atoms with Gasteiger partial charge in [-0.25, -0.2) is 0 Å². The maximum atomic E-state index is 12.8. The Balaban J connectivity index is 1.69. The summed E-state index contributed by atoms with van der Waals surface area (Å²) >= 11 is 0. The molecule has 0 fully saturated rings. The van der Waals surface area contributed by atoms with E-state index in [1.807, 2.05) is 42.5 Å². The van der Waals surface area contributed by atoms with Gasteiger partial charge in [-0.3, -0.25) is 14.3 Å². The molecule has 1 aromatic heterocycles. The molecule has 0 bridgehead atoms. The SMILES string of the molecule is O=C1c2c(OCc3ccccc3)c(=O)ccn2NC2CC=CCN12. The van der Waals surface area contributed by atoms with Crippen LogP contribution in [-0.4, -0.2) is 28.2 Å². The van der Waals surface area contributed by atoms with Crippen LogP contribution in [0.3, 0.4) is 0 Å². The van der Waals surface area contributed by atoms with Crippen molar-refractivity contribution in [3.05, 3.63) is 76.2 Å². The first-order valence-electron chi connectivity index (χ1n) is 7.89. The van der Waals surface area contributed by atoms with Gasteiger partial charge >= 0.3 is 0 Å². The third-order valence-electron chi connectivity index (χ3n) is 4.24. The zero-order valence-corrected chi connectivity index (χ0v) is 13.0. The van der Waals surface area contributed by atoms with Crippen LogP contribution in [0.2, 0.25) is 0 Å². The van der Waals surface area contributed by atoms with Crippen LogP contribution in [-0.2, 0) is 6.61 Å². The Labute approximate surface area is 138 Å². The minimum atomic E-state index is -0.293. The molecule has 2 aliphatic heterocycles. The molecule has 1 unspecified atom stereocenters. The van der Waals surface area contributed by atoms with Crippen LogP contribution in [0.4, 0.5) is 0 Å². The summed E-state index contributed by atoms with van der Waals surface area (Å²) in [4.78, 5) is 26.8. The third-order valence-corrected chi connectivity index (χ3v) is 4.24. The van der Waals surface area contributed by atoms with Crippen LogP contribution in [0.25, 0.3) is 0 Å². The monoisotopic (exact) mass is 323 g/mol. The molecule has 1 atom stereocenters. The second-order valence-electron chi connectivity index (χ2n) is 5.81. The number of ether oxygens (including phenoxy) is 1. The number of aromatic nitrogens is 1. The molecular formula is C18H17N3O3. The first-order chi connectivity index (χ1) is 11.7. The van der Waals surface area contributed by atoms with Crippen LogP contribution >= 0.6 is 0 Å². The number of rotatable bonds is 3. The second kappa shape index (κ2) is 5.88. The molecule has 2 aromatic rings. The van der Waals surface area contributed by atoms with E-state index in [9.17, 15) is 9.59 Å². The average molecular weight is 323 g/mol. The van der Waals surface area contributed by atoms with Gasteiger partial charge in [-0.05, 0) is 5.56 Å². The molecule has 6 nitrogen and oxygen atoms in total. The van der Waals surface area contributed by atoms with E-state index in [2.05, 4.69) is 5.43 Å². The number of amides is 1. The summed E-state index contributed by atoms with van der Waals surface area (Å²) in [5.41, 5.74) is 4.15. The smallest absolute Gasteiger partial charge is 0.278 e. The van der Waals surface area contributed by atoms with Gasteiger partial charge in [0.25, 0.3) is 5.91 Å². The number of hydrogen-bond donors (Lipinski definition) is 1. The predicted octanol–water partition coefficient (Wildman–Crippen LogP) is 1.71. The number of nitrogens with zero attached hydrogens (tertiary/aromatic N) is 2. The highest BCUT2D eigenvalue weighted by Gasteiger charge is 2.35. The summed E-state index contributed by atoms with van der Waals surface area (Å²) in [7, 11) is 0. The summed E-state index contributed by atoms with van der Waals surface area (Å²) in [5.74, 6) is -0.101. The lowest BCUT2D eigenvalue weighted by Crippen LogP contribution is -2.55. The molecule has 4 rings (SSSR count). The van der Waals surface area contributed by atoms with Crippen LogP contribution in [0, 0.1) is 0 Å². The predicted molar refractivity (Wildman–Crippen MR) is 89.4 cm³/mol. The third kappa shape index (κ3) is 2.46. The Morgan fingerprint density at radius 3 is 2.79 bits per heavy atom. The molecular weight excluding hydrogens is 306 g/mol. The van der Waals surface area contributed by atoms with Gasteiger partial charge in [0.05, 0.1) is 0 Å². The fraction of sp³-hybridized carbons (Fsp3) is 0.222. The van der Waals surface area contributed by atoms with Gasteiger partial charge in [0.2, 0.25) is 5.43 Å². The van der Waals surface area contributed by atoms with E-state index in [0.29, 0.717) is 6.54 Å². The minimum Gasteiger partial charge on any atom is -0.482 e. The van der Waals surface area contributed by atoms with E-state index >= 15 is 0 Å². The van der Waals surface area contributed by atoms with Crippen molar-refractivity contribution in [2.24, 2.45) is 0 Å². The van der Waals surface area contributed by atoms with Gasteiger partial charge in [0, 0.05) is 25.2 Å². The molecule has 0 saturated heterocycles. The van der Waals surface area contributed by atoms with Crippen molar-refractivity contribution in [3.63, 3.8) is 0 Å². The average Bonchev–Trinajstić information content (AvgIpc) is 2.62. The van der Waals surface area contributed by atoms with E-state index < -0.39 is 0 Å². The molecule has 1 aromatic carbocycles. The number of hydrogen-bond acceptors (Lipinski definition) is 4. The normalized spacial score (nSPS) is 18.6. The van der Waals surface area contributed by atoms with Crippen molar-refractivity contribution in [1.82, 2.24) is 9.58 Å². The molecule has 2 aliphatic rings. The Morgan fingerprint density at radius 1 is 1.12 bits per heavy atom. The van der Waals surface area contributed by atoms with Gasteiger partial charge < -0.3 is 15.1 Å². The molecule has 6 heteroatoms. The Hall–Kier alpha value is -3.02. The van der Waals surface area contributed by atoms with Crippen molar-refractivity contribution in [2.75, 3.05) is 12.0 Å². The highest BCUT2D eigenvalue weighted by atomic mass is 16.5. The lowest BCUT2D eigenvalue weighted by Gasteiger charge is -2.39. The lowest BCUT2D eigenvalue weighted by atomic mass is 10.1. The highest BCUT2D eigenvalue weighted by molar-refractivity contribution is 5.96. The lowest BCUT2D eigenvalue weighted by molar-refractivity contribution is 0.0649. The zero-order valence-electron chi connectivity index (χ0n) is 13.0. The van der Waals surface area contributed by atoms with Gasteiger partial charge in [-0.2, -0.15) is 0 Å². The van der Waals surface area contributed by atoms with Crippen LogP contribution in [0.5, 0.6) is 5.75 Å². The standard InChI is InChI=1S/C18H17N3O3/c22-14-9-11-21-16(17(14)24-12-13-6-2-1-3-7-13)18(23)20-10-5-4-8-15(20)19-21/h1-7,9,11,15,19H,8,10,12H2. The van der Waals surface area contributed by atoms with Gasteiger partial charge in [-0.1, -0.05) is 42.5 Å². The first kappa shape index (κ1) is 14.6. The van der Waals surface area contributed by atoms with Gasteiger partial charge in [-0.15, -0.1) is 0 Å². The maximum absolute atomic E-state index is 12.8. The molecule has 122 valence electrons. The maximum Gasteiger partial charge on any atom is 0.278 e. The first-order valence-corrected chi connectivity index (χ1v) is 7.89. The van der Waals surface area contributed by atoms with E-state index in [0.717, 1.165) is 12.0 Å². The number of carbonyl (C=O) groups is 1. The molecule has 1 amide bonds. The molecule has 24 heavy (non-hydrogen) atoms. The van der Waals surface area contributed by atoms with E-state index in [4.69, 9.17) is 4.74 Å². The van der Waals surface area contributed by atoms with Crippen LogP contribution < -0.4 is 15.6 Å². The topological polar surface area (TPSA) is 63.6 Å². The molecule has 0 spiro atoms. The molecule has 0 radical (unpaired) electrons. The fourth-order valence-electron chi connectivity index (χ4n) is 3.01. The Bertz CT molecular complexity index is 858. The van der Waals surface area contributed by atoms with E-state index in [1.165, 1.54) is 6.07 Å². The number of fused-ring (bicyclic) bond motifs is 2. The largest absolute Gasteiger partial charge is 0.482 e. The van der Waals surface area contributed by atoms with E-state index in [-0.39, 0.29) is 35.6 Å². The molecule has 1 N–H and O–H groups in total. The summed E-state index contributed by atoms with van der Waals surface area (Å²) < 4.78 is 7.33. The number of pyridine rings is 1. The van der Waals surface area contributed by atoms with Crippen LogP contribution in [0.15, 0.2) is 59.5 Å². The number of benzene rings is 1. The summed E-state index contributed by atoms with van der Waals surface area (Å²) in [6, 6.07) is 11.0. The highest BCUT2D eigenvalue weighted by Crippen LogP contribution is 2.24. The second-order valence-corrected chi connectivity index (χ2v) is 5.81. The van der Waals surface area contributed by atoms with Crippen molar-refractivity contribution >= 4 is 5.91 Å². The Kier molecular flexibility index (Phi) is 3.57. The molecule has 0 saturated carbocycles. The van der Waals surface area contributed by atoms with Gasteiger partial charge in [0.15, 0.2) is 11.4 Å². The van der Waals surface area contributed by atoms with Crippen molar-refractivity contribution in [2.45, 2.75) is 19.2 Å². The number of nitrogens with one attached hydrogen (secondary N) is 1. The van der Waals surface area contributed by atoms with Crippen molar-refractivity contribution < 1.29 is 9.53 Å². The number of carbonyl (C=O) groups excluding carboxylic acids is 1. The summed E-state index contributed by atoms with van der Waals surface area (Å²) in [6.45, 7) is 0.765. The molecule has 0 aliphatic carbocycles. The zero-order chi connectivity index (χ0) is 16.5. The van der Waals surface area contributed by atoms with Gasteiger partial charge in [0.1, 0.15) is 12.8 Å². The summed E-state index contributed by atoms with van der Waals surface area (Å²) in [6.07, 6.45) is 6.22. The Morgan fingerprint density at radius 2 is 1.96 bits per heavy atom. The van der Waals surface area contributed by atoms with Crippen LogP contribution in [0.1, 0.15) is 22.5 Å². The van der Waals surface area contributed by atoms with Crippen molar-refractivity contribution in [3.8, 4) is 5.75 Å². The minimum absolute atomic E-state index is 0.0897.